The zero-order valence-corrected chi connectivity index (χ0v) is 15.5. The summed E-state index contributed by atoms with van der Waals surface area (Å²) in [5, 5.41) is 9.53. The van der Waals surface area contributed by atoms with Crippen LogP contribution in [0, 0.1) is 0 Å². The molecule has 1 saturated carbocycles. The number of halogens is 1. The van der Waals surface area contributed by atoms with Crippen molar-refractivity contribution in [1.82, 2.24) is 11.1 Å². The van der Waals surface area contributed by atoms with Gasteiger partial charge in [0.1, 0.15) is 5.52 Å². The normalized spacial score (nSPS) is 19.6. The van der Waals surface area contributed by atoms with Gasteiger partial charge in [-0.15, -0.1) is 12.4 Å². The Morgan fingerprint density at radius 1 is 1.00 bits per heavy atom. The number of para-hydroxylation sites is 2. The highest BCUT2D eigenvalue weighted by Crippen LogP contribution is 2.25. The second-order valence-electron chi connectivity index (χ2n) is 6.43. The molecule has 3 aromatic rings. The predicted octanol–water partition coefficient (Wildman–Crippen LogP) is 4.90. The van der Waals surface area contributed by atoms with E-state index in [1.807, 2.05) is 36.4 Å². The molecule has 5 nitrogen and oxygen atoms in total. The molecular weight excluding hydrogens is 352 g/mol. The summed E-state index contributed by atoms with van der Waals surface area (Å²) in [6.07, 6.45) is 3.72. The Morgan fingerprint density at radius 2 is 1.69 bits per heavy atom. The molecule has 0 radical (unpaired) electrons. The molecule has 0 saturated heterocycles. The van der Waals surface area contributed by atoms with E-state index in [0.29, 0.717) is 12.5 Å². The van der Waals surface area contributed by atoms with Crippen LogP contribution in [0.2, 0.25) is 0 Å². The number of aliphatic hydroxyl groups is 1. The van der Waals surface area contributed by atoms with E-state index in [-0.39, 0.29) is 30.8 Å². The summed E-state index contributed by atoms with van der Waals surface area (Å²) >= 11 is 0. The molecule has 1 aliphatic rings. The third-order valence-corrected chi connectivity index (χ3v) is 4.62. The minimum atomic E-state index is -0.138. The standard InChI is InChI=1S/C20H21NO3.ClH.H3N/c22-16-9-11-17(12-10-16)23-13-14-5-7-15(8-6-14)20-21-18-3-1-2-4-19(18)24-20;;/h1-8,16-17,22H,9-13H2;1H;1H3/t16-,17-;;. The highest BCUT2D eigenvalue weighted by Gasteiger charge is 2.19. The molecule has 1 aromatic heterocycles. The molecule has 1 fully saturated rings. The minimum absolute atomic E-state index is 0. The molecule has 4 N–H and O–H groups in total. The lowest BCUT2D eigenvalue weighted by Crippen LogP contribution is -2.24. The monoisotopic (exact) mass is 376 g/mol. The molecule has 0 unspecified atom stereocenters. The first-order valence-electron chi connectivity index (χ1n) is 8.52. The average molecular weight is 377 g/mol. The molecule has 26 heavy (non-hydrogen) atoms. The van der Waals surface area contributed by atoms with E-state index in [9.17, 15) is 5.11 Å². The van der Waals surface area contributed by atoms with Crippen molar-refractivity contribution in [2.75, 3.05) is 0 Å². The van der Waals surface area contributed by atoms with E-state index in [1.54, 1.807) is 0 Å². The van der Waals surface area contributed by atoms with E-state index in [0.717, 1.165) is 47.9 Å². The highest BCUT2D eigenvalue weighted by atomic mass is 35.5. The molecule has 2 aromatic carbocycles. The van der Waals surface area contributed by atoms with Crippen molar-refractivity contribution < 1.29 is 14.3 Å². The molecule has 0 spiro atoms. The Balaban J connectivity index is 0.00000121. The number of aromatic nitrogens is 1. The summed E-state index contributed by atoms with van der Waals surface area (Å²) in [4.78, 5) is 4.52. The largest absolute Gasteiger partial charge is 0.436 e. The quantitative estimate of drug-likeness (QED) is 0.675. The van der Waals surface area contributed by atoms with Crippen LogP contribution in [-0.2, 0) is 11.3 Å². The van der Waals surface area contributed by atoms with Crippen molar-refractivity contribution in [1.29, 1.82) is 0 Å². The first-order valence-corrected chi connectivity index (χ1v) is 8.52. The van der Waals surface area contributed by atoms with Crippen molar-refractivity contribution in [3.8, 4) is 11.5 Å². The van der Waals surface area contributed by atoms with Crippen LogP contribution < -0.4 is 6.15 Å². The first-order chi connectivity index (χ1) is 11.8. The fourth-order valence-corrected chi connectivity index (χ4v) is 3.17. The molecule has 4 rings (SSSR count). The Kier molecular flexibility index (Phi) is 7.17. The maximum absolute atomic E-state index is 9.53. The van der Waals surface area contributed by atoms with E-state index >= 15 is 0 Å². The first kappa shape index (κ1) is 20.4. The van der Waals surface area contributed by atoms with Crippen molar-refractivity contribution in [3.63, 3.8) is 0 Å². The highest BCUT2D eigenvalue weighted by molar-refractivity contribution is 5.85. The third-order valence-electron chi connectivity index (χ3n) is 4.62. The van der Waals surface area contributed by atoms with Gasteiger partial charge in [-0.25, -0.2) is 4.98 Å². The number of fused-ring (bicyclic) bond motifs is 1. The number of aliphatic hydroxyl groups excluding tert-OH is 1. The van der Waals surface area contributed by atoms with Gasteiger partial charge in [-0.2, -0.15) is 0 Å². The van der Waals surface area contributed by atoms with Crippen molar-refractivity contribution >= 4 is 23.5 Å². The number of benzene rings is 2. The lowest BCUT2D eigenvalue weighted by molar-refractivity contribution is -0.0118. The Morgan fingerprint density at radius 3 is 2.38 bits per heavy atom. The number of nitrogens with zero attached hydrogens (tertiary/aromatic N) is 1. The fraction of sp³-hybridized carbons (Fsp3) is 0.350. The molecule has 140 valence electrons. The lowest BCUT2D eigenvalue weighted by Gasteiger charge is -2.25. The zero-order valence-electron chi connectivity index (χ0n) is 14.6. The zero-order chi connectivity index (χ0) is 16.4. The van der Waals surface area contributed by atoms with Crippen molar-refractivity contribution in [2.45, 2.75) is 44.5 Å². The number of hydrogen-bond donors (Lipinski definition) is 2. The summed E-state index contributed by atoms with van der Waals surface area (Å²) in [6, 6.07) is 15.9. The van der Waals surface area contributed by atoms with Crippen LogP contribution in [0.5, 0.6) is 0 Å². The number of rotatable bonds is 4. The van der Waals surface area contributed by atoms with Gasteiger partial charge in [0, 0.05) is 5.56 Å². The number of oxazole rings is 1. The van der Waals surface area contributed by atoms with Crippen LogP contribution in [0.1, 0.15) is 31.2 Å². The molecular formula is C20H25ClN2O3. The van der Waals surface area contributed by atoms with E-state index in [1.165, 1.54) is 0 Å². The van der Waals surface area contributed by atoms with Gasteiger partial charge >= 0.3 is 0 Å². The Hall–Kier alpha value is -1.92. The SMILES string of the molecule is Cl.N.O[C@H]1CC[C@H](OCc2ccc(-c3nc4ccccc4o3)cc2)CC1. The van der Waals surface area contributed by atoms with Gasteiger partial charge in [-0.05, 0) is 55.5 Å². The van der Waals surface area contributed by atoms with E-state index in [4.69, 9.17) is 9.15 Å². The average Bonchev–Trinajstić information content (AvgIpc) is 3.06. The van der Waals surface area contributed by atoms with Crippen LogP contribution in [-0.4, -0.2) is 22.3 Å². The maximum atomic E-state index is 9.53. The molecule has 1 heterocycles. The molecule has 0 aliphatic heterocycles. The smallest absolute Gasteiger partial charge is 0.227 e. The van der Waals surface area contributed by atoms with Gasteiger partial charge in [0.05, 0.1) is 18.8 Å². The minimum Gasteiger partial charge on any atom is -0.436 e. The van der Waals surface area contributed by atoms with Crippen molar-refractivity contribution in [2.24, 2.45) is 0 Å². The summed E-state index contributed by atoms with van der Waals surface area (Å²) in [6.45, 7) is 0.606. The fourth-order valence-electron chi connectivity index (χ4n) is 3.17. The third kappa shape index (κ3) is 4.62. The van der Waals surface area contributed by atoms with Gasteiger partial charge in [0.2, 0.25) is 5.89 Å². The Bertz CT molecular complexity index is 778. The lowest BCUT2D eigenvalue weighted by atomic mass is 9.95. The van der Waals surface area contributed by atoms with Crippen LogP contribution in [0.4, 0.5) is 0 Å². The van der Waals surface area contributed by atoms with E-state index < -0.39 is 0 Å². The number of ether oxygens (including phenoxy) is 1. The van der Waals surface area contributed by atoms with Gasteiger partial charge in [0.25, 0.3) is 0 Å². The summed E-state index contributed by atoms with van der Waals surface area (Å²) in [5.74, 6) is 0.643. The summed E-state index contributed by atoms with van der Waals surface area (Å²) < 4.78 is 11.8. The Labute approximate surface area is 159 Å². The molecule has 0 atom stereocenters. The predicted molar refractivity (Wildman–Crippen MR) is 105 cm³/mol. The van der Waals surface area contributed by atoms with Gasteiger partial charge in [-0.1, -0.05) is 24.3 Å². The second-order valence-corrected chi connectivity index (χ2v) is 6.43. The van der Waals surface area contributed by atoms with Gasteiger partial charge < -0.3 is 20.4 Å². The second kappa shape index (κ2) is 9.14. The topological polar surface area (TPSA) is 90.5 Å². The van der Waals surface area contributed by atoms with Crippen LogP contribution in [0.15, 0.2) is 52.9 Å². The van der Waals surface area contributed by atoms with Crippen molar-refractivity contribution in [3.05, 3.63) is 54.1 Å². The maximum Gasteiger partial charge on any atom is 0.227 e. The van der Waals surface area contributed by atoms with E-state index in [2.05, 4.69) is 17.1 Å². The van der Waals surface area contributed by atoms with Crippen LogP contribution >= 0.6 is 12.4 Å². The van der Waals surface area contributed by atoms with Gasteiger partial charge in [-0.3, -0.25) is 0 Å². The summed E-state index contributed by atoms with van der Waals surface area (Å²) in [7, 11) is 0. The molecule has 1 aliphatic carbocycles. The molecule has 0 amide bonds. The molecule has 0 bridgehead atoms. The van der Waals surface area contributed by atoms with Gasteiger partial charge in [0.15, 0.2) is 5.58 Å². The van der Waals surface area contributed by atoms with Crippen LogP contribution in [0.3, 0.4) is 0 Å². The summed E-state index contributed by atoms with van der Waals surface area (Å²) in [5.41, 5.74) is 3.79. The molecule has 6 heteroatoms. The number of hydrogen-bond acceptors (Lipinski definition) is 5. The van der Waals surface area contributed by atoms with Crippen LogP contribution in [0.25, 0.3) is 22.6 Å².